The van der Waals surface area contributed by atoms with E-state index in [9.17, 15) is 4.79 Å². The van der Waals surface area contributed by atoms with Crippen LogP contribution in [0.2, 0.25) is 0 Å². The molecular formula is C12H23ClN4O2. The zero-order valence-corrected chi connectivity index (χ0v) is 12.8. The van der Waals surface area contributed by atoms with E-state index in [4.69, 9.17) is 4.74 Å². The first-order valence-corrected chi connectivity index (χ1v) is 6.16. The average molecular weight is 291 g/mol. The van der Waals surface area contributed by atoms with Crippen LogP contribution in [-0.4, -0.2) is 41.9 Å². The van der Waals surface area contributed by atoms with Crippen LogP contribution in [0.15, 0.2) is 0 Å². The summed E-state index contributed by atoms with van der Waals surface area (Å²) in [6.07, 6.45) is 0. The normalized spacial score (nSPS) is 9.89. The lowest BCUT2D eigenvalue weighted by atomic mass is 10.3. The van der Waals surface area contributed by atoms with E-state index in [1.54, 1.807) is 4.68 Å². The lowest BCUT2D eigenvalue weighted by Crippen LogP contribution is -2.34. The number of rotatable bonds is 7. The van der Waals surface area contributed by atoms with Crippen LogP contribution < -0.4 is 15.4 Å². The van der Waals surface area contributed by atoms with Gasteiger partial charge in [0, 0.05) is 20.1 Å². The standard InChI is InChI=1S/C12H22N4O2.ClH/c1-5-13-6-7-14-11(17)8-18-12-9(2)15-16(4)10(12)3;/h13H,5-8H2,1-4H3,(H,14,17);1H. The number of nitrogens with one attached hydrogen (secondary N) is 2. The van der Waals surface area contributed by atoms with Gasteiger partial charge >= 0.3 is 0 Å². The van der Waals surface area contributed by atoms with Gasteiger partial charge in [-0.25, -0.2) is 0 Å². The van der Waals surface area contributed by atoms with Crippen molar-refractivity contribution in [2.45, 2.75) is 20.8 Å². The highest BCUT2D eigenvalue weighted by atomic mass is 35.5. The predicted molar refractivity (Wildman–Crippen MR) is 77.0 cm³/mol. The Labute approximate surface area is 120 Å². The van der Waals surface area contributed by atoms with Crippen LogP contribution in [0.4, 0.5) is 0 Å². The molecule has 0 aliphatic heterocycles. The SMILES string of the molecule is CCNCCNC(=O)COc1c(C)nn(C)c1C.Cl. The van der Waals surface area contributed by atoms with E-state index >= 15 is 0 Å². The van der Waals surface area contributed by atoms with E-state index in [1.165, 1.54) is 0 Å². The van der Waals surface area contributed by atoms with Crippen LogP contribution in [0.5, 0.6) is 5.75 Å². The van der Waals surface area contributed by atoms with E-state index in [-0.39, 0.29) is 24.9 Å². The molecule has 0 aliphatic rings. The molecule has 0 aliphatic carbocycles. The number of ether oxygens (including phenoxy) is 1. The monoisotopic (exact) mass is 290 g/mol. The van der Waals surface area contributed by atoms with Gasteiger partial charge in [-0.1, -0.05) is 6.92 Å². The van der Waals surface area contributed by atoms with Gasteiger partial charge in [0.05, 0.1) is 5.69 Å². The number of nitrogens with zero attached hydrogens (tertiary/aromatic N) is 2. The highest BCUT2D eigenvalue weighted by molar-refractivity contribution is 5.85. The molecule has 0 saturated carbocycles. The molecule has 1 aromatic heterocycles. The Hall–Kier alpha value is -1.27. The quantitative estimate of drug-likeness (QED) is 0.720. The smallest absolute Gasteiger partial charge is 0.257 e. The second-order valence-electron chi connectivity index (χ2n) is 4.12. The first-order valence-electron chi connectivity index (χ1n) is 6.16. The van der Waals surface area contributed by atoms with Gasteiger partial charge in [-0.2, -0.15) is 5.10 Å². The number of amides is 1. The fourth-order valence-corrected chi connectivity index (χ4v) is 1.62. The van der Waals surface area contributed by atoms with Crippen molar-refractivity contribution in [3.05, 3.63) is 11.4 Å². The van der Waals surface area contributed by atoms with Crippen LogP contribution in [0.1, 0.15) is 18.3 Å². The van der Waals surface area contributed by atoms with Gasteiger partial charge in [0.25, 0.3) is 5.91 Å². The Morgan fingerprint density at radius 1 is 1.37 bits per heavy atom. The molecule has 0 spiro atoms. The minimum absolute atomic E-state index is 0. The summed E-state index contributed by atoms with van der Waals surface area (Å²) in [5, 5.41) is 10.1. The van der Waals surface area contributed by atoms with Crippen LogP contribution in [0, 0.1) is 13.8 Å². The molecule has 110 valence electrons. The second kappa shape index (κ2) is 8.77. The Bertz CT molecular complexity index is 407. The topological polar surface area (TPSA) is 68.2 Å². The summed E-state index contributed by atoms with van der Waals surface area (Å²) >= 11 is 0. The van der Waals surface area contributed by atoms with Gasteiger partial charge in [-0.3, -0.25) is 9.48 Å². The lowest BCUT2D eigenvalue weighted by Gasteiger charge is -2.08. The highest BCUT2D eigenvalue weighted by Crippen LogP contribution is 2.20. The molecule has 0 bridgehead atoms. The fourth-order valence-electron chi connectivity index (χ4n) is 1.62. The van der Waals surface area contributed by atoms with Crippen molar-refractivity contribution in [3.8, 4) is 5.75 Å². The van der Waals surface area contributed by atoms with Crippen molar-refractivity contribution < 1.29 is 9.53 Å². The van der Waals surface area contributed by atoms with Crippen molar-refractivity contribution in [1.82, 2.24) is 20.4 Å². The van der Waals surface area contributed by atoms with Crippen LogP contribution in [-0.2, 0) is 11.8 Å². The molecule has 0 aromatic carbocycles. The largest absolute Gasteiger partial charge is 0.480 e. The van der Waals surface area contributed by atoms with Gasteiger partial charge in [-0.15, -0.1) is 12.4 Å². The number of hydrogen-bond donors (Lipinski definition) is 2. The van der Waals surface area contributed by atoms with E-state index in [1.807, 2.05) is 27.8 Å². The van der Waals surface area contributed by atoms with E-state index in [2.05, 4.69) is 15.7 Å². The van der Waals surface area contributed by atoms with Gasteiger partial charge in [-0.05, 0) is 20.4 Å². The molecule has 0 atom stereocenters. The average Bonchev–Trinajstić information content (AvgIpc) is 2.57. The van der Waals surface area contributed by atoms with Gasteiger partial charge in [0.1, 0.15) is 5.69 Å². The zero-order chi connectivity index (χ0) is 13.5. The van der Waals surface area contributed by atoms with Crippen LogP contribution in [0.25, 0.3) is 0 Å². The molecule has 0 unspecified atom stereocenters. The fraction of sp³-hybridized carbons (Fsp3) is 0.667. The van der Waals surface area contributed by atoms with Crippen molar-refractivity contribution in [2.75, 3.05) is 26.2 Å². The van der Waals surface area contributed by atoms with Crippen LogP contribution in [0.3, 0.4) is 0 Å². The summed E-state index contributed by atoms with van der Waals surface area (Å²) in [5.74, 6) is 0.579. The summed E-state index contributed by atoms with van der Waals surface area (Å²) in [4.78, 5) is 11.5. The Morgan fingerprint density at radius 2 is 2.05 bits per heavy atom. The predicted octanol–water partition coefficient (Wildman–Crippen LogP) is 0.563. The zero-order valence-electron chi connectivity index (χ0n) is 11.9. The van der Waals surface area contributed by atoms with E-state index < -0.39 is 0 Å². The van der Waals surface area contributed by atoms with Gasteiger partial charge in [0.2, 0.25) is 0 Å². The summed E-state index contributed by atoms with van der Waals surface area (Å²) in [7, 11) is 1.85. The first-order chi connectivity index (χ1) is 8.56. The molecule has 0 saturated heterocycles. The number of hydrogen-bond acceptors (Lipinski definition) is 4. The van der Waals surface area contributed by atoms with E-state index in [0.717, 1.165) is 24.5 Å². The molecular weight excluding hydrogens is 268 g/mol. The molecule has 1 amide bonds. The summed E-state index contributed by atoms with van der Waals surface area (Å²) < 4.78 is 7.24. The third-order valence-electron chi connectivity index (χ3n) is 2.66. The van der Waals surface area contributed by atoms with Crippen molar-refractivity contribution in [2.24, 2.45) is 7.05 Å². The number of aryl methyl sites for hydroxylation is 2. The van der Waals surface area contributed by atoms with Crippen molar-refractivity contribution >= 4 is 18.3 Å². The number of likely N-dealkylation sites (N-methyl/N-ethyl adjacent to an activating group) is 1. The van der Waals surface area contributed by atoms with Crippen LogP contribution >= 0.6 is 12.4 Å². The first kappa shape index (κ1) is 17.7. The second-order valence-corrected chi connectivity index (χ2v) is 4.12. The number of carbonyl (C=O) groups is 1. The maximum atomic E-state index is 11.5. The minimum Gasteiger partial charge on any atom is -0.480 e. The molecule has 0 fully saturated rings. The number of aromatic nitrogens is 2. The molecule has 1 rings (SSSR count). The van der Waals surface area contributed by atoms with Crippen molar-refractivity contribution in [1.29, 1.82) is 0 Å². The summed E-state index contributed by atoms with van der Waals surface area (Å²) in [5.41, 5.74) is 1.73. The maximum absolute atomic E-state index is 11.5. The third kappa shape index (κ3) is 5.48. The van der Waals surface area contributed by atoms with E-state index in [0.29, 0.717) is 12.3 Å². The third-order valence-corrected chi connectivity index (χ3v) is 2.66. The molecule has 7 heteroatoms. The molecule has 2 N–H and O–H groups in total. The molecule has 1 aromatic rings. The molecule has 1 heterocycles. The lowest BCUT2D eigenvalue weighted by molar-refractivity contribution is -0.123. The number of carbonyl (C=O) groups excluding carboxylic acids is 1. The molecule has 19 heavy (non-hydrogen) atoms. The molecule has 6 nitrogen and oxygen atoms in total. The highest BCUT2D eigenvalue weighted by Gasteiger charge is 2.12. The summed E-state index contributed by atoms with van der Waals surface area (Å²) in [6, 6.07) is 0. The summed E-state index contributed by atoms with van der Waals surface area (Å²) in [6.45, 7) is 8.12. The maximum Gasteiger partial charge on any atom is 0.257 e. The van der Waals surface area contributed by atoms with Gasteiger partial charge in [0.15, 0.2) is 12.4 Å². The Balaban J connectivity index is 0.00000324. The Kier molecular flexibility index (Phi) is 8.18. The minimum atomic E-state index is -0.115. The number of halogens is 1. The Morgan fingerprint density at radius 3 is 2.58 bits per heavy atom. The molecule has 0 radical (unpaired) electrons. The van der Waals surface area contributed by atoms with Crippen molar-refractivity contribution in [3.63, 3.8) is 0 Å². The van der Waals surface area contributed by atoms with Gasteiger partial charge < -0.3 is 15.4 Å².